The number of ketones is 1. The first-order valence-corrected chi connectivity index (χ1v) is 10.8. The summed E-state index contributed by atoms with van der Waals surface area (Å²) in [5.41, 5.74) is 1.53. The molecule has 0 radical (unpaired) electrons. The Bertz CT molecular complexity index is 869. The van der Waals surface area contributed by atoms with Crippen LogP contribution in [0.2, 0.25) is 0 Å². The largest absolute Gasteiger partial charge is 0.454 e. The molecule has 2 rings (SSSR count). The first-order chi connectivity index (χ1) is 12.3. The first kappa shape index (κ1) is 20.3. The van der Waals surface area contributed by atoms with Crippen LogP contribution in [-0.2, 0) is 27.6 Å². The van der Waals surface area contributed by atoms with Crippen molar-refractivity contribution in [3.63, 3.8) is 0 Å². The summed E-state index contributed by atoms with van der Waals surface area (Å²) in [6, 6.07) is 10.5. The fraction of sp³-hybridized carbons (Fsp3) is 0.333. The zero-order valence-corrected chi connectivity index (χ0v) is 16.3. The SMILES string of the molecule is CCc1ccc(C(=O)OCC(=O)c2ccc(CCNS(C)(=O)=O)s2)cc1. The van der Waals surface area contributed by atoms with Crippen LogP contribution in [0.25, 0.3) is 0 Å². The lowest BCUT2D eigenvalue weighted by atomic mass is 10.1. The number of sulfonamides is 1. The van der Waals surface area contributed by atoms with Gasteiger partial charge >= 0.3 is 5.97 Å². The topological polar surface area (TPSA) is 89.5 Å². The van der Waals surface area contributed by atoms with Gasteiger partial charge in [0.25, 0.3) is 0 Å². The molecule has 26 heavy (non-hydrogen) atoms. The van der Waals surface area contributed by atoms with Gasteiger partial charge in [-0.15, -0.1) is 11.3 Å². The zero-order valence-electron chi connectivity index (χ0n) is 14.7. The summed E-state index contributed by atoms with van der Waals surface area (Å²) in [5.74, 6) is -0.814. The Balaban J connectivity index is 1.84. The van der Waals surface area contributed by atoms with Crippen LogP contribution in [0.1, 0.15) is 37.4 Å². The van der Waals surface area contributed by atoms with Crippen LogP contribution < -0.4 is 4.72 Å². The summed E-state index contributed by atoms with van der Waals surface area (Å²) in [4.78, 5) is 25.5. The van der Waals surface area contributed by atoms with Crippen molar-refractivity contribution in [3.05, 3.63) is 57.3 Å². The van der Waals surface area contributed by atoms with Crippen LogP contribution in [0.5, 0.6) is 0 Å². The first-order valence-electron chi connectivity index (χ1n) is 8.11. The highest BCUT2D eigenvalue weighted by atomic mass is 32.2. The molecule has 0 aliphatic carbocycles. The molecular formula is C18H21NO5S2. The summed E-state index contributed by atoms with van der Waals surface area (Å²) in [7, 11) is -3.22. The van der Waals surface area contributed by atoms with Crippen LogP contribution in [0.3, 0.4) is 0 Å². The van der Waals surface area contributed by atoms with Gasteiger partial charge in [-0.05, 0) is 42.7 Å². The minimum absolute atomic E-state index is 0.274. The van der Waals surface area contributed by atoms with E-state index in [0.29, 0.717) is 16.9 Å². The van der Waals surface area contributed by atoms with Gasteiger partial charge in [-0.1, -0.05) is 19.1 Å². The summed E-state index contributed by atoms with van der Waals surface area (Å²) >= 11 is 1.27. The van der Waals surface area contributed by atoms with E-state index in [-0.39, 0.29) is 18.9 Å². The molecule has 0 saturated carbocycles. The van der Waals surface area contributed by atoms with E-state index in [1.165, 1.54) is 11.3 Å². The quantitative estimate of drug-likeness (QED) is 0.520. The van der Waals surface area contributed by atoms with Gasteiger partial charge in [-0.2, -0.15) is 0 Å². The van der Waals surface area contributed by atoms with Crippen LogP contribution in [-0.4, -0.2) is 39.6 Å². The number of esters is 1. The normalized spacial score (nSPS) is 11.3. The zero-order chi connectivity index (χ0) is 19.2. The Morgan fingerprint density at radius 1 is 1.12 bits per heavy atom. The highest BCUT2D eigenvalue weighted by Crippen LogP contribution is 2.18. The van der Waals surface area contributed by atoms with Gasteiger partial charge in [0.05, 0.1) is 16.7 Å². The van der Waals surface area contributed by atoms with E-state index in [1.54, 1.807) is 24.3 Å². The Morgan fingerprint density at radius 3 is 2.42 bits per heavy atom. The van der Waals surface area contributed by atoms with Gasteiger partial charge in [-0.3, -0.25) is 4.79 Å². The van der Waals surface area contributed by atoms with Crippen molar-refractivity contribution in [1.82, 2.24) is 4.72 Å². The molecule has 1 aromatic carbocycles. The van der Waals surface area contributed by atoms with Crippen LogP contribution >= 0.6 is 11.3 Å². The van der Waals surface area contributed by atoms with Gasteiger partial charge in [0.1, 0.15) is 0 Å². The number of thiophene rings is 1. The molecule has 0 amide bonds. The molecule has 0 saturated heterocycles. The summed E-state index contributed by atoms with van der Waals surface area (Å²) in [6.45, 7) is 1.98. The molecule has 0 atom stereocenters. The van der Waals surface area contributed by atoms with Crippen LogP contribution in [0.4, 0.5) is 0 Å². The van der Waals surface area contributed by atoms with Crippen molar-refractivity contribution in [2.45, 2.75) is 19.8 Å². The monoisotopic (exact) mass is 395 g/mol. The average molecular weight is 396 g/mol. The molecular weight excluding hydrogens is 374 g/mol. The van der Waals surface area contributed by atoms with Crippen LogP contribution in [0, 0.1) is 0 Å². The lowest BCUT2D eigenvalue weighted by Crippen LogP contribution is -2.24. The minimum atomic E-state index is -3.22. The van der Waals surface area contributed by atoms with Gasteiger partial charge in [0, 0.05) is 11.4 Å². The molecule has 0 spiro atoms. The van der Waals surface area contributed by atoms with Crippen molar-refractivity contribution in [2.75, 3.05) is 19.4 Å². The third-order valence-electron chi connectivity index (χ3n) is 3.60. The second-order valence-electron chi connectivity index (χ2n) is 5.73. The minimum Gasteiger partial charge on any atom is -0.454 e. The van der Waals surface area contributed by atoms with E-state index in [0.717, 1.165) is 23.1 Å². The maximum atomic E-state index is 12.1. The average Bonchev–Trinajstić information content (AvgIpc) is 3.07. The van der Waals surface area contributed by atoms with Gasteiger partial charge in [-0.25, -0.2) is 17.9 Å². The second-order valence-corrected chi connectivity index (χ2v) is 8.73. The van der Waals surface area contributed by atoms with E-state index < -0.39 is 16.0 Å². The number of benzene rings is 1. The van der Waals surface area contributed by atoms with Crippen molar-refractivity contribution in [1.29, 1.82) is 0 Å². The van der Waals surface area contributed by atoms with Crippen molar-refractivity contribution in [2.24, 2.45) is 0 Å². The summed E-state index contributed by atoms with van der Waals surface area (Å²) in [6.07, 6.45) is 2.48. The highest BCUT2D eigenvalue weighted by molar-refractivity contribution is 7.88. The fourth-order valence-corrected chi connectivity index (χ4v) is 3.59. The molecule has 1 N–H and O–H groups in total. The number of Topliss-reactive ketones (excluding diaryl/α,β-unsaturated/α-hetero) is 1. The molecule has 6 nitrogen and oxygen atoms in total. The van der Waals surface area contributed by atoms with Gasteiger partial charge in [0.2, 0.25) is 15.8 Å². The van der Waals surface area contributed by atoms with E-state index in [9.17, 15) is 18.0 Å². The number of ether oxygens (including phenoxy) is 1. The molecule has 140 valence electrons. The number of aryl methyl sites for hydroxylation is 1. The molecule has 0 bridgehead atoms. The number of carbonyl (C=O) groups is 2. The Hall–Kier alpha value is -2.03. The lowest BCUT2D eigenvalue weighted by Gasteiger charge is -2.04. The second kappa shape index (κ2) is 9.07. The third-order valence-corrected chi connectivity index (χ3v) is 5.52. The van der Waals surface area contributed by atoms with Crippen LogP contribution in [0.15, 0.2) is 36.4 Å². The Labute approximate surface area is 157 Å². The third kappa shape index (κ3) is 6.36. The Morgan fingerprint density at radius 2 is 1.81 bits per heavy atom. The molecule has 1 aromatic heterocycles. The van der Waals surface area contributed by atoms with E-state index >= 15 is 0 Å². The van der Waals surface area contributed by atoms with Gasteiger partial charge < -0.3 is 4.74 Å². The maximum Gasteiger partial charge on any atom is 0.338 e. The number of hydrogen-bond donors (Lipinski definition) is 1. The van der Waals surface area contributed by atoms with Crippen molar-refractivity contribution in [3.8, 4) is 0 Å². The smallest absolute Gasteiger partial charge is 0.338 e. The Kier molecular flexibility index (Phi) is 7.07. The van der Waals surface area contributed by atoms with Gasteiger partial charge in [0.15, 0.2) is 6.61 Å². The number of carbonyl (C=O) groups excluding carboxylic acids is 2. The van der Waals surface area contributed by atoms with E-state index in [2.05, 4.69) is 4.72 Å². The fourth-order valence-electron chi connectivity index (χ4n) is 2.18. The maximum absolute atomic E-state index is 12.1. The molecule has 1 heterocycles. The van der Waals surface area contributed by atoms with Crippen molar-refractivity contribution < 1.29 is 22.7 Å². The molecule has 8 heteroatoms. The molecule has 0 fully saturated rings. The molecule has 0 aliphatic heterocycles. The lowest BCUT2D eigenvalue weighted by molar-refractivity contribution is 0.0476. The number of nitrogens with one attached hydrogen (secondary N) is 1. The number of hydrogen-bond acceptors (Lipinski definition) is 6. The standard InChI is InChI=1S/C18H21NO5S2/c1-3-13-4-6-14(7-5-13)18(21)24-12-16(20)17-9-8-15(25-17)10-11-19-26(2,22)23/h4-9,19H,3,10-12H2,1-2H3. The molecule has 2 aromatic rings. The summed E-state index contributed by atoms with van der Waals surface area (Å²) in [5, 5.41) is 0. The van der Waals surface area contributed by atoms with Crippen molar-refractivity contribution >= 4 is 33.1 Å². The predicted molar refractivity (Wildman–Crippen MR) is 101 cm³/mol. The number of rotatable bonds is 9. The predicted octanol–water partition coefficient (Wildman–Crippen LogP) is 2.44. The molecule has 0 aliphatic rings. The highest BCUT2D eigenvalue weighted by Gasteiger charge is 2.14. The summed E-state index contributed by atoms with van der Waals surface area (Å²) < 4.78 is 29.5. The molecule has 0 unspecified atom stereocenters. The van der Waals surface area contributed by atoms with E-state index in [1.807, 2.05) is 19.1 Å². The van der Waals surface area contributed by atoms with E-state index in [4.69, 9.17) is 4.74 Å².